The number of piperidine rings is 1. The lowest BCUT2D eigenvalue weighted by Crippen LogP contribution is -2.46. The lowest BCUT2D eigenvalue weighted by Gasteiger charge is -2.38. The Labute approximate surface area is 97.4 Å². The molecule has 0 saturated carbocycles. The van der Waals surface area contributed by atoms with Crippen molar-refractivity contribution in [1.29, 1.82) is 0 Å². The van der Waals surface area contributed by atoms with Crippen LogP contribution in [-0.2, 0) is 0 Å². The van der Waals surface area contributed by atoms with Gasteiger partial charge in [0.1, 0.15) is 11.3 Å². The average molecular weight is 248 g/mol. The van der Waals surface area contributed by atoms with Crippen LogP contribution >= 0.6 is 11.6 Å². The molecule has 1 atom stereocenters. The van der Waals surface area contributed by atoms with Crippen molar-refractivity contribution in [2.75, 3.05) is 11.4 Å². The van der Waals surface area contributed by atoms with Crippen molar-refractivity contribution in [2.24, 2.45) is 0 Å². The zero-order valence-corrected chi connectivity index (χ0v) is 9.58. The molecule has 2 rings (SSSR count). The Kier molecular flexibility index (Phi) is 2.97. The van der Waals surface area contributed by atoms with E-state index in [2.05, 4.69) is 9.97 Å². The molecule has 1 aliphatic rings. The number of alkyl halides is 2. The highest BCUT2D eigenvalue weighted by atomic mass is 35.5. The number of anilines is 1. The summed E-state index contributed by atoms with van der Waals surface area (Å²) >= 11 is 5.94. The SMILES string of the molecule is CC1CC(F)(F)CCN1c1ncncc1Cl. The topological polar surface area (TPSA) is 29.0 Å². The minimum absolute atomic E-state index is 0.155. The zero-order valence-electron chi connectivity index (χ0n) is 8.83. The van der Waals surface area contributed by atoms with Gasteiger partial charge in [0.2, 0.25) is 0 Å². The molecule has 1 aromatic rings. The fourth-order valence-electron chi connectivity index (χ4n) is 1.98. The van der Waals surface area contributed by atoms with Crippen LogP contribution in [0.2, 0.25) is 5.02 Å². The van der Waals surface area contributed by atoms with E-state index < -0.39 is 5.92 Å². The quantitative estimate of drug-likeness (QED) is 0.764. The van der Waals surface area contributed by atoms with E-state index in [0.29, 0.717) is 10.8 Å². The second-order valence-electron chi connectivity index (χ2n) is 4.05. The van der Waals surface area contributed by atoms with Gasteiger partial charge in [-0.3, -0.25) is 0 Å². The lowest BCUT2D eigenvalue weighted by atomic mass is 10.00. The van der Waals surface area contributed by atoms with Gasteiger partial charge in [0.25, 0.3) is 5.92 Å². The fraction of sp³-hybridized carbons (Fsp3) is 0.600. The molecule has 3 nitrogen and oxygen atoms in total. The molecule has 0 amide bonds. The number of rotatable bonds is 1. The summed E-state index contributed by atoms with van der Waals surface area (Å²) in [6.45, 7) is 2.02. The highest BCUT2D eigenvalue weighted by Gasteiger charge is 2.39. The van der Waals surface area contributed by atoms with Crippen molar-refractivity contribution in [1.82, 2.24) is 9.97 Å². The number of hydrogen-bond donors (Lipinski definition) is 0. The maximum Gasteiger partial charge on any atom is 0.251 e. The van der Waals surface area contributed by atoms with E-state index in [-0.39, 0.29) is 25.4 Å². The smallest absolute Gasteiger partial charge is 0.251 e. The minimum atomic E-state index is -2.57. The Morgan fingerprint density at radius 2 is 2.31 bits per heavy atom. The van der Waals surface area contributed by atoms with Gasteiger partial charge in [-0.2, -0.15) is 0 Å². The van der Waals surface area contributed by atoms with Gasteiger partial charge >= 0.3 is 0 Å². The third kappa shape index (κ3) is 2.24. The van der Waals surface area contributed by atoms with E-state index in [1.54, 1.807) is 11.8 Å². The third-order valence-corrected chi connectivity index (χ3v) is 3.03. The molecule has 1 fully saturated rings. The summed E-state index contributed by atoms with van der Waals surface area (Å²) in [5.41, 5.74) is 0. The van der Waals surface area contributed by atoms with Gasteiger partial charge in [0, 0.05) is 25.4 Å². The maximum absolute atomic E-state index is 13.2. The summed E-state index contributed by atoms with van der Waals surface area (Å²) in [5.74, 6) is -2.03. The number of aromatic nitrogens is 2. The maximum atomic E-state index is 13.2. The van der Waals surface area contributed by atoms with Gasteiger partial charge in [0.05, 0.1) is 6.20 Å². The molecule has 16 heavy (non-hydrogen) atoms. The molecule has 1 unspecified atom stereocenters. The van der Waals surface area contributed by atoms with Crippen LogP contribution in [0.15, 0.2) is 12.5 Å². The lowest BCUT2D eigenvalue weighted by molar-refractivity contribution is -0.0319. The monoisotopic (exact) mass is 247 g/mol. The zero-order chi connectivity index (χ0) is 11.8. The molecule has 0 bridgehead atoms. The van der Waals surface area contributed by atoms with Crippen molar-refractivity contribution < 1.29 is 8.78 Å². The van der Waals surface area contributed by atoms with Gasteiger partial charge < -0.3 is 4.90 Å². The van der Waals surface area contributed by atoms with Crippen LogP contribution in [0.5, 0.6) is 0 Å². The molecule has 0 radical (unpaired) electrons. The largest absolute Gasteiger partial charge is 0.352 e. The van der Waals surface area contributed by atoms with Crippen LogP contribution in [0.3, 0.4) is 0 Å². The van der Waals surface area contributed by atoms with Crippen molar-refractivity contribution >= 4 is 17.4 Å². The molecule has 88 valence electrons. The Morgan fingerprint density at radius 3 is 2.94 bits per heavy atom. The molecule has 0 aromatic carbocycles. The summed E-state index contributed by atoms with van der Waals surface area (Å²) in [6.07, 6.45) is 2.54. The van der Waals surface area contributed by atoms with E-state index in [1.165, 1.54) is 12.5 Å². The molecule has 1 saturated heterocycles. The van der Waals surface area contributed by atoms with Crippen LogP contribution in [0.4, 0.5) is 14.6 Å². The summed E-state index contributed by atoms with van der Waals surface area (Å²) in [5, 5.41) is 0.402. The first-order valence-corrected chi connectivity index (χ1v) is 5.47. The normalized spacial score (nSPS) is 24.5. The standard InChI is InChI=1S/C10H12ClF2N3/c1-7-4-10(12,13)2-3-16(7)9-8(11)5-14-6-15-9/h5-7H,2-4H2,1H3. The second-order valence-corrected chi connectivity index (χ2v) is 4.45. The number of halogens is 3. The summed E-state index contributed by atoms with van der Waals surface area (Å²) in [6, 6.07) is -0.267. The van der Waals surface area contributed by atoms with E-state index in [4.69, 9.17) is 11.6 Å². The molecule has 0 N–H and O–H groups in total. The van der Waals surface area contributed by atoms with Gasteiger partial charge in [-0.1, -0.05) is 11.6 Å². The molecule has 0 aliphatic carbocycles. The van der Waals surface area contributed by atoms with Gasteiger partial charge in [-0.05, 0) is 6.92 Å². The van der Waals surface area contributed by atoms with Crippen LogP contribution in [0.25, 0.3) is 0 Å². The van der Waals surface area contributed by atoms with E-state index in [0.717, 1.165) is 0 Å². The van der Waals surface area contributed by atoms with Crippen molar-refractivity contribution in [2.45, 2.75) is 31.7 Å². The molecule has 6 heteroatoms. The predicted molar refractivity (Wildman–Crippen MR) is 58.0 cm³/mol. The fourth-order valence-corrected chi connectivity index (χ4v) is 2.19. The first-order valence-electron chi connectivity index (χ1n) is 5.09. The van der Waals surface area contributed by atoms with E-state index in [9.17, 15) is 8.78 Å². The van der Waals surface area contributed by atoms with Gasteiger partial charge in [-0.15, -0.1) is 0 Å². The minimum Gasteiger partial charge on any atom is -0.352 e. The van der Waals surface area contributed by atoms with Crippen LogP contribution < -0.4 is 4.90 Å². The Morgan fingerprint density at radius 1 is 1.56 bits per heavy atom. The van der Waals surface area contributed by atoms with Gasteiger partial charge in [-0.25, -0.2) is 18.7 Å². The molecular weight excluding hydrogens is 236 g/mol. The molecule has 2 heterocycles. The molecular formula is C10H12ClF2N3. The van der Waals surface area contributed by atoms with Crippen molar-refractivity contribution in [3.05, 3.63) is 17.5 Å². The molecule has 1 aromatic heterocycles. The van der Waals surface area contributed by atoms with E-state index in [1.807, 2.05) is 0 Å². The first-order chi connectivity index (χ1) is 7.49. The Bertz CT molecular complexity index is 386. The summed E-state index contributed by atoms with van der Waals surface area (Å²) in [4.78, 5) is 9.62. The van der Waals surface area contributed by atoms with Crippen LogP contribution in [-0.4, -0.2) is 28.5 Å². The summed E-state index contributed by atoms with van der Waals surface area (Å²) < 4.78 is 26.3. The second kappa shape index (κ2) is 4.13. The highest BCUT2D eigenvalue weighted by molar-refractivity contribution is 6.32. The Balaban J connectivity index is 2.21. The van der Waals surface area contributed by atoms with Crippen LogP contribution in [0, 0.1) is 0 Å². The number of nitrogens with zero attached hydrogens (tertiary/aromatic N) is 3. The van der Waals surface area contributed by atoms with Gasteiger partial charge in [0.15, 0.2) is 5.82 Å². The van der Waals surface area contributed by atoms with E-state index >= 15 is 0 Å². The predicted octanol–water partition coefficient (Wildman–Crippen LogP) is 2.75. The Hall–Kier alpha value is -0.970. The summed E-state index contributed by atoms with van der Waals surface area (Å²) in [7, 11) is 0. The molecule has 0 spiro atoms. The molecule has 1 aliphatic heterocycles. The number of hydrogen-bond acceptors (Lipinski definition) is 3. The van der Waals surface area contributed by atoms with Crippen molar-refractivity contribution in [3.8, 4) is 0 Å². The third-order valence-electron chi connectivity index (χ3n) is 2.76. The van der Waals surface area contributed by atoms with Crippen LogP contribution in [0.1, 0.15) is 19.8 Å². The average Bonchev–Trinajstić information content (AvgIpc) is 2.18. The van der Waals surface area contributed by atoms with Crippen molar-refractivity contribution in [3.63, 3.8) is 0 Å². The highest BCUT2D eigenvalue weighted by Crippen LogP contribution is 2.35. The first kappa shape index (κ1) is 11.5.